The van der Waals surface area contributed by atoms with Crippen molar-refractivity contribution in [3.05, 3.63) is 60.6 Å². The van der Waals surface area contributed by atoms with Gasteiger partial charge in [0.15, 0.2) is 0 Å². The van der Waals surface area contributed by atoms with Crippen molar-refractivity contribution in [1.29, 1.82) is 0 Å². The van der Waals surface area contributed by atoms with E-state index in [1.54, 1.807) is 6.20 Å². The van der Waals surface area contributed by atoms with E-state index in [2.05, 4.69) is 26.8 Å². The van der Waals surface area contributed by atoms with Crippen LogP contribution in [-0.2, 0) is 13.0 Å². The van der Waals surface area contributed by atoms with Crippen LogP contribution in [0.1, 0.15) is 18.5 Å². The number of carboxylic acid groups (broad SMARTS) is 1. The largest absolute Gasteiger partial charge is 0.493 e. The molecule has 2 aliphatic rings. The zero-order valence-corrected chi connectivity index (χ0v) is 18.7. The van der Waals surface area contributed by atoms with Gasteiger partial charge in [-0.25, -0.2) is 4.79 Å². The maximum Gasteiger partial charge on any atom is 0.407 e. The maximum absolute atomic E-state index is 11.1. The molecule has 3 aromatic heterocycles. The lowest BCUT2D eigenvalue weighted by Crippen LogP contribution is -2.27. The van der Waals surface area contributed by atoms with Crippen LogP contribution in [0.15, 0.2) is 54.9 Å². The summed E-state index contributed by atoms with van der Waals surface area (Å²) in [5.74, 6) is 0.957. The Morgan fingerprint density at radius 3 is 2.88 bits per heavy atom. The SMILES string of the molecule is O=C(O)N1CCC(COc2ccc3c(-c4c(-c5ccccn5)nn5c4CCC5)ccnc3c2)C1. The fourth-order valence-corrected chi connectivity index (χ4v) is 5.09. The van der Waals surface area contributed by atoms with E-state index in [9.17, 15) is 4.79 Å². The average molecular weight is 456 g/mol. The summed E-state index contributed by atoms with van der Waals surface area (Å²) in [7, 11) is 0. The summed E-state index contributed by atoms with van der Waals surface area (Å²) >= 11 is 0. The summed E-state index contributed by atoms with van der Waals surface area (Å²) in [5.41, 5.74) is 6.13. The van der Waals surface area contributed by atoms with Crippen LogP contribution in [0.2, 0.25) is 0 Å². The summed E-state index contributed by atoms with van der Waals surface area (Å²) in [6.45, 7) is 2.52. The number of likely N-dealkylation sites (tertiary alicyclic amines) is 1. The fourth-order valence-electron chi connectivity index (χ4n) is 5.09. The molecule has 0 aliphatic carbocycles. The van der Waals surface area contributed by atoms with Crippen molar-refractivity contribution in [2.75, 3.05) is 19.7 Å². The van der Waals surface area contributed by atoms with E-state index in [1.165, 1.54) is 10.6 Å². The minimum atomic E-state index is -0.860. The van der Waals surface area contributed by atoms with Crippen LogP contribution in [0.25, 0.3) is 33.4 Å². The van der Waals surface area contributed by atoms with Crippen molar-refractivity contribution >= 4 is 17.0 Å². The molecule has 0 radical (unpaired) electrons. The Labute approximate surface area is 196 Å². The number of fused-ring (bicyclic) bond motifs is 2. The van der Waals surface area contributed by atoms with E-state index < -0.39 is 6.09 Å². The highest BCUT2D eigenvalue weighted by Gasteiger charge is 2.27. The molecule has 0 bridgehead atoms. The molecule has 4 aromatic rings. The molecule has 172 valence electrons. The monoisotopic (exact) mass is 455 g/mol. The molecule has 1 N–H and O–H groups in total. The zero-order valence-electron chi connectivity index (χ0n) is 18.7. The van der Waals surface area contributed by atoms with Gasteiger partial charge >= 0.3 is 6.09 Å². The Hall–Kier alpha value is -3.94. The van der Waals surface area contributed by atoms with Crippen molar-refractivity contribution in [3.8, 4) is 28.3 Å². The van der Waals surface area contributed by atoms with Gasteiger partial charge in [0.2, 0.25) is 0 Å². The average Bonchev–Trinajstić information content (AvgIpc) is 3.59. The van der Waals surface area contributed by atoms with Crippen LogP contribution in [0.4, 0.5) is 4.79 Å². The van der Waals surface area contributed by atoms with E-state index in [0.717, 1.165) is 65.0 Å². The third kappa shape index (κ3) is 3.65. The number of benzene rings is 1. The van der Waals surface area contributed by atoms with Crippen LogP contribution in [0, 0.1) is 5.92 Å². The van der Waals surface area contributed by atoms with Crippen LogP contribution in [0.5, 0.6) is 5.75 Å². The molecule has 1 aromatic carbocycles. The van der Waals surface area contributed by atoms with Crippen molar-refractivity contribution in [1.82, 2.24) is 24.6 Å². The first kappa shape index (κ1) is 20.7. The predicted octanol–water partition coefficient (Wildman–Crippen LogP) is 4.49. The number of hydrogen-bond acceptors (Lipinski definition) is 5. The molecule has 1 atom stereocenters. The molecule has 2 aliphatic heterocycles. The molecule has 1 amide bonds. The number of rotatable bonds is 5. The second kappa shape index (κ2) is 8.44. The lowest BCUT2D eigenvalue weighted by Gasteiger charge is -2.14. The van der Waals surface area contributed by atoms with E-state index in [1.807, 2.05) is 36.5 Å². The molecule has 6 rings (SSSR count). The molecule has 0 spiro atoms. The molecule has 8 heteroatoms. The summed E-state index contributed by atoms with van der Waals surface area (Å²) in [4.78, 5) is 21.8. The first-order valence-corrected chi connectivity index (χ1v) is 11.7. The Bertz CT molecular complexity index is 1370. The summed E-state index contributed by atoms with van der Waals surface area (Å²) < 4.78 is 8.15. The molecule has 5 heterocycles. The molecular formula is C26H25N5O3. The number of amides is 1. The van der Waals surface area contributed by atoms with Gasteiger partial charge in [0.25, 0.3) is 0 Å². The Morgan fingerprint density at radius 1 is 1.12 bits per heavy atom. The molecule has 34 heavy (non-hydrogen) atoms. The van der Waals surface area contributed by atoms with Gasteiger partial charge in [-0.15, -0.1) is 0 Å². The number of nitrogens with zero attached hydrogens (tertiary/aromatic N) is 5. The van der Waals surface area contributed by atoms with Gasteiger partial charge in [0, 0.05) is 60.7 Å². The van der Waals surface area contributed by atoms with Crippen LogP contribution >= 0.6 is 0 Å². The predicted molar refractivity (Wildman–Crippen MR) is 128 cm³/mol. The molecule has 1 saturated heterocycles. The van der Waals surface area contributed by atoms with E-state index in [4.69, 9.17) is 14.9 Å². The highest BCUT2D eigenvalue weighted by atomic mass is 16.5. The Morgan fingerprint density at radius 2 is 2.06 bits per heavy atom. The first-order chi connectivity index (χ1) is 16.7. The third-order valence-electron chi connectivity index (χ3n) is 6.77. The van der Waals surface area contributed by atoms with Crippen LogP contribution in [0.3, 0.4) is 0 Å². The molecule has 1 fully saturated rings. The van der Waals surface area contributed by atoms with Gasteiger partial charge in [-0.2, -0.15) is 5.10 Å². The van der Waals surface area contributed by atoms with Gasteiger partial charge in [0.1, 0.15) is 11.4 Å². The minimum absolute atomic E-state index is 0.210. The number of aryl methyl sites for hydroxylation is 1. The lowest BCUT2D eigenvalue weighted by molar-refractivity contribution is 0.151. The van der Waals surface area contributed by atoms with Crippen molar-refractivity contribution in [2.45, 2.75) is 25.8 Å². The van der Waals surface area contributed by atoms with Gasteiger partial charge in [0.05, 0.1) is 17.8 Å². The van der Waals surface area contributed by atoms with Crippen LogP contribution < -0.4 is 4.74 Å². The summed E-state index contributed by atoms with van der Waals surface area (Å²) in [6, 6.07) is 14.0. The molecule has 0 saturated carbocycles. The lowest BCUT2D eigenvalue weighted by atomic mass is 9.96. The second-order valence-corrected chi connectivity index (χ2v) is 8.94. The summed E-state index contributed by atoms with van der Waals surface area (Å²) in [6.07, 6.45) is 5.70. The van der Waals surface area contributed by atoms with Crippen molar-refractivity contribution < 1.29 is 14.6 Å². The number of carbonyl (C=O) groups is 1. The molecular weight excluding hydrogens is 430 g/mol. The second-order valence-electron chi connectivity index (χ2n) is 8.94. The van der Waals surface area contributed by atoms with Gasteiger partial charge in [-0.05, 0) is 55.2 Å². The minimum Gasteiger partial charge on any atom is -0.493 e. The Balaban J connectivity index is 1.33. The third-order valence-corrected chi connectivity index (χ3v) is 6.77. The van der Waals surface area contributed by atoms with E-state index in [0.29, 0.717) is 19.7 Å². The number of hydrogen-bond donors (Lipinski definition) is 1. The Kier molecular flexibility index (Phi) is 5.13. The summed E-state index contributed by atoms with van der Waals surface area (Å²) in [5, 5.41) is 15.1. The quantitative estimate of drug-likeness (QED) is 0.477. The highest BCUT2D eigenvalue weighted by molar-refractivity contribution is 5.99. The first-order valence-electron chi connectivity index (χ1n) is 11.7. The number of aromatic nitrogens is 4. The zero-order chi connectivity index (χ0) is 23.1. The van der Waals surface area contributed by atoms with Crippen LogP contribution in [-0.4, -0.2) is 55.5 Å². The van der Waals surface area contributed by atoms with Crippen molar-refractivity contribution in [2.24, 2.45) is 5.92 Å². The molecule has 8 nitrogen and oxygen atoms in total. The number of pyridine rings is 2. The maximum atomic E-state index is 11.1. The van der Waals surface area contributed by atoms with Crippen molar-refractivity contribution in [3.63, 3.8) is 0 Å². The van der Waals surface area contributed by atoms with Gasteiger partial charge < -0.3 is 14.7 Å². The van der Waals surface area contributed by atoms with E-state index in [-0.39, 0.29) is 5.92 Å². The highest BCUT2D eigenvalue weighted by Crippen LogP contribution is 2.40. The van der Waals surface area contributed by atoms with Gasteiger partial charge in [-0.1, -0.05) is 6.07 Å². The number of ether oxygens (including phenoxy) is 1. The molecule has 1 unspecified atom stereocenters. The standard InChI is InChI=1S/C26H25N5O3/c32-26(33)30-13-9-17(15-30)16-34-18-6-7-19-20(8-11-28-22(19)14-18)24-23-5-3-12-31(23)29-25(24)21-4-1-2-10-27-21/h1-2,4,6-8,10-11,14,17H,3,5,9,12-13,15-16H2,(H,32,33). The topological polar surface area (TPSA) is 93.4 Å². The van der Waals surface area contributed by atoms with Gasteiger partial charge in [-0.3, -0.25) is 14.6 Å². The smallest absolute Gasteiger partial charge is 0.407 e. The fraction of sp³-hybridized carbons (Fsp3) is 0.308. The normalized spacial score (nSPS) is 17.3. The van der Waals surface area contributed by atoms with E-state index >= 15 is 0 Å².